The van der Waals surface area contributed by atoms with Crippen molar-refractivity contribution in [3.8, 4) is 0 Å². The summed E-state index contributed by atoms with van der Waals surface area (Å²) >= 11 is 7.89. The van der Waals surface area contributed by atoms with E-state index in [-0.39, 0.29) is 24.8 Å². The van der Waals surface area contributed by atoms with E-state index >= 15 is 0 Å². The molecule has 2 aromatic heterocycles. The van der Waals surface area contributed by atoms with Crippen molar-refractivity contribution < 1.29 is 18.8 Å². The first kappa shape index (κ1) is 20.8. The van der Waals surface area contributed by atoms with Crippen LogP contribution in [-0.2, 0) is 22.4 Å². The Morgan fingerprint density at radius 1 is 1.33 bits per heavy atom. The first-order valence-electron chi connectivity index (χ1n) is 9.47. The maximum absolute atomic E-state index is 12.6. The van der Waals surface area contributed by atoms with Crippen LogP contribution in [-0.4, -0.2) is 33.5 Å². The first-order chi connectivity index (χ1) is 14.4. The Labute approximate surface area is 186 Å². The molecular formula is C20H19N3O4S3. The highest BCUT2D eigenvalue weighted by Gasteiger charge is 2.32. The van der Waals surface area contributed by atoms with E-state index in [4.69, 9.17) is 22.4 Å². The van der Waals surface area contributed by atoms with Crippen molar-refractivity contribution in [1.29, 1.82) is 0 Å². The SMILES string of the molecule is NC(=O)c1c(NC(=O)CCN2C(=O)/C(=C\c3ccco3)SC2=S)sc2c1CCCC2. The summed E-state index contributed by atoms with van der Waals surface area (Å²) in [6.07, 6.45) is 7.00. The van der Waals surface area contributed by atoms with E-state index in [2.05, 4.69) is 5.32 Å². The number of carbonyl (C=O) groups is 3. The third-order valence-corrected chi connectivity index (χ3v) is 7.51. The van der Waals surface area contributed by atoms with E-state index in [0.29, 0.717) is 25.6 Å². The van der Waals surface area contributed by atoms with Gasteiger partial charge in [-0.2, -0.15) is 0 Å². The van der Waals surface area contributed by atoms with Gasteiger partial charge in [-0.1, -0.05) is 24.0 Å². The van der Waals surface area contributed by atoms with Crippen LogP contribution in [0.1, 0.15) is 45.8 Å². The van der Waals surface area contributed by atoms with Crippen LogP contribution in [0.25, 0.3) is 6.08 Å². The Bertz CT molecular complexity index is 1060. The van der Waals surface area contributed by atoms with Crippen molar-refractivity contribution in [3.63, 3.8) is 0 Å². The van der Waals surface area contributed by atoms with Gasteiger partial charge in [0.15, 0.2) is 0 Å². The Balaban J connectivity index is 1.41. The number of thiophene rings is 1. The summed E-state index contributed by atoms with van der Waals surface area (Å²) in [4.78, 5) is 40.1. The third kappa shape index (κ3) is 4.21. The molecule has 1 saturated heterocycles. The number of thioether (sulfide) groups is 1. The monoisotopic (exact) mass is 461 g/mol. The highest BCUT2D eigenvalue weighted by molar-refractivity contribution is 8.26. The van der Waals surface area contributed by atoms with Crippen LogP contribution in [0.15, 0.2) is 27.7 Å². The summed E-state index contributed by atoms with van der Waals surface area (Å²) in [7, 11) is 0. The van der Waals surface area contributed by atoms with Gasteiger partial charge in [0.05, 0.1) is 16.7 Å². The highest BCUT2D eigenvalue weighted by atomic mass is 32.2. The molecule has 7 nitrogen and oxygen atoms in total. The molecule has 3 amide bonds. The molecule has 2 aromatic rings. The van der Waals surface area contributed by atoms with Gasteiger partial charge in [-0.3, -0.25) is 19.3 Å². The minimum absolute atomic E-state index is 0.0568. The number of fused-ring (bicyclic) bond motifs is 1. The molecule has 156 valence electrons. The Morgan fingerprint density at radius 3 is 2.87 bits per heavy atom. The zero-order valence-corrected chi connectivity index (χ0v) is 18.4. The molecule has 10 heteroatoms. The van der Waals surface area contributed by atoms with Crippen LogP contribution < -0.4 is 11.1 Å². The number of amides is 3. The normalized spacial score (nSPS) is 17.5. The zero-order valence-electron chi connectivity index (χ0n) is 15.9. The number of hydrogen-bond acceptors (Lipinski definition) is 7. The zero-order chi connectivity index (χ0) is 21.3. The second-order valence-corrected chi connectivity index (χ2v) is 9.71. The lowest BCUT2D eigenvalue weighted by Crippen LogP contribution is -2.31. The van der Waals surface area contributed by atoms with Crippen molar-refractivity contribution in [2.45, 2.75) is 32.1 Å². The molecule has 2 aliphatic rings. The molecule has 1 aliphatic heterocycles. The number of nitrogens with zero attached hydrogens (tertiary/aromatic N) is 1. The molecule has 1 aliphatic carbocycles. The molecule has 0 saturated carbocycles. The Kier molecular flexibility index (Phi) is 6.07. The largest absolute Gasteiger partial charge is 0.465 e. The average Bonchev–Trinajstić information content (AvgIpc) is 3.39. The van der Waals surface area contributed by atoms with Crippen molar-refractivity contribution >= 4 is 68.4 Å². The number of carbonyl (C=O) groups excluding carboxylic acids is 3. The Hall–Kier alpha value is -2.43. The number of nitrogens with one attached hydrogen (secondary N) is 1. The highest BCUT2D eigenvalue weighted by Crippen LogP contribution is 2.38. The van der Waals surface area contributed by atoms with E-state index in [1.165, 1.54) is 34.3 Å². The number of furan rings is 1. The number of rotatable bonds is 6. The van der Waals surface area contributed by atoms with Crippen LogP contribution in [0, 0.1) is 0 Å². The van der Waals surface area contributed by atoms with Gasteiger partial charge in [0, 0.05) is 23.9 Å². The van der Waals surface area contributed by atoms with E-state index in [1.807, 2.05) is 0 Å². The molecule has 0 atom stereocenters. The van der Waals surface area contributed by atoms with Gasteiger partial charge >= 0.3 is 0 Å². The van der Waals surface area contributed by atoms with Crippen molar-refractivity contribution in [1.82, 2.24) is 4.90 Å². The fourth-order valence-corrected chi connectivity index (χ4v) is 6.11. The molecule has 3 heterocycles. The van der Waals surface area contributed by atoms with Gasteiger partial charge in [0.1, 0.15) is 15.1 Å². The van der Waals surface area contributed by atoms with Crippen molar-refractivity contribution in [2.75, 3.05) is 11.9 Å². The number of thiocarbonyl (C=S) groups is 1. The van der Waals surface area contributed by atoms with Crippen LogP contribution in [0.5, 0.6) is 0 Å². The van der Waals surface area contributed by atoms with E-state index < -0.39 is 5.91 Å². The van der Waals surface area contributed by atoms with E-state index in [9.17, 15) is 14.4 Å². The lowest BCUT2D eigenvalue weighted by molar-refractivity contribution is -0.122. The number of anilines is 1. The summed E-state index contributed by atoms with van der Waals surface area (Å²) < 4.78 is 5.64. The quantitative estimate of drug-likeness (QED) is 0.503. The predicted octanol–water partition coefficient (Wildman–Crippen LogP) is 3.55. The van der Waals surface area contributed by atoms with Gasteiger partial charge < -0.3 is 15.5 Å². The molecule has 0 spiro atoms. The third-order valence-electron chi connectivity index (χ3n) is 4.92. The van der Waals surface area contributed by atoms with Crippen molar-refractivity contribution in [2.24, 2.45) is 5.73 Å². The molecular weight excluding hydrogens is 442 g/mol. The lowest BCUT2D eigenvalue weighted by Gasteiger charge is -2.14. The summed E-state index contributed by atoms with van der Waals surface area (Å²) in [6, 6.07) is 3.48. The number of nitrogens with two attached hydrogens (primary N) is 1. The number of hydrogen-bond donors (Lipinski definition) is 2. The molecule has 0 unspecified atom stereocenters. The predicted molar refractivity (Wildman–Crippen MR) is 121 cm³/mol. The minimum atomic E-state index is -0.523. The van der Waals surface area contributed by atoms with Crippen LogP contribution >= 0.6 is 35.3 Å². The van der Waals surface area contributed by atoms with E-state index in [0.717, 1.165) is 36.1 Å². The number of aryl methyl sites for hydroxylation is 1. The smallest absolute Gasteiger partial charge is 0.266 e. The molecule has 0 radical (unpaired) electrons. The van der Waals surface area contributed by atoms with Gasteiger partial charge in [-0.15, -0.1) is 11.3 Å². The topological polar surface area (TPSA) is 106 Å². The van der Waals surface area contributed by atoms with Gasteiger partial charge in [-0.05, 0) is 43.4 Å². The fraction of sp³-hybridized carbons (Fsp3) is 0.300. The summed E-state index contributed by atoms with van der Waals surface area (Å²) in [5, 5.41) is 3.31. The molecule has 3 N–H and O–H groups in total. The summed E-state index contributed by atoms with van der Waals surface area (Å²) in [5.74, 6) is -0.502. The fourth-order valence-electron chi connectivity index (χ4n) is 3.51. The molecule has 30 heavy (non-hydrogen) atoms. The number of primary amides is 1. The van der Waals surface area contributed by atoms with Crippen LogP contribution in [0.4, 0.5) is 5.00 Å². The molecule has 0 aromatic carbocycles. The summed E-state index contributed by atoms with van der Waals surface area (Å²) in [6.45, 7) is 0.156. The minimum Gasteiger partial charge on any atom is -0.465 e. The standard InChI is InChI=1S/C20H19N3O4S3/c21-17(25)16-12-5-1-2-6-13(12)29-18(16)22-15(24)7-8-23-19(26)14(30-20(23)28)10-11-4-3-9-27-11/h3-4,9-10H,1-2,5-8H2,(H2,21,25)(H,22,24)/b14-10+. The molecule has 1 fully saturated rings. The van der Waals surface area contributed by atoms with E-state index in [1.54, 1.807) is 18.2 Å². The maximum Gasteiger partial charge on any atom is 0.266 e. The first-order valence-corrected chi connectivity index (χ1v) is 11.5. The maximum atomic E-state index is 12.6. The summed E-state index contributed by atoms with van der Waals surface area (Å²) in [5.41, 5.74) is 6.96. The van der Waals surface area contributed by atoms with Gasteiger partial charge in [0.25, 0.3) is 11.8 Å². The molecule has 0 bridgehead atoms. The van der Waals surface area contributed by atoms with Crippen LogP contribution in [0.2, 0.25) is 0 Å². The van der Waals surface area contributed by atoms with Gasteiger partial charge in [0.2, 0.25) is 5.91 Å². The van der Waals surface area contributed by atoms with Gasteiger partial charge in [-0.25, -0.2) is 0 Å². The Morgan fingerprint density at radius 2 is 2.13 bits per heavy atom. The second-order valence-electron chi connectivity index (χ2n) is 6.93. The second kappa shape index (κ2) is 8.75. The van der Waals surface area contributed by atoms with Crippen LogP contribution in [0.3, 0.4) is 0 Å². The lowest BCUT2D eigenvalue weighted by atomic mass is 9.95. The van der Waals surface area contributed by atoms with Crippen molar-refractivity contribution in [3.05, 3.63) is 45.1 Å². The molecule has 4 rings (SSSR count). The average molecular weight is 462 g/mol.